The Morgan fingerprint density at radius 2 is 1.60 bits per heavy atom. The Bertz CT molecular complexity index is 1440. The van der Waals surface area contributed by atoms with Crippen LogP contribution in [0.3, 0.4) is 0 Å². The smallest absolute Gasteiger partial charge is 0.152 e. The zero-order chi connectivity index (χ0) is 21.0. The first-order chi connectivity index (χ1) is 14.4. The minimum absolute atomic E-state index is 0.0704. The minimum Gasteiger partial charge on any atom is -0.252 e. The number of rotatable bonds is 2. The summed E-state index contributed by atoms with van der Waals surface area (Å²) in [4.78, 5) is 4.23. The lowest BCUT2D eigenvalue weighted by molar-refractivity contribution is 0.590. The fourth-order valence-corrected chi connectivity index (χ4v) is 3.78. The van der Waals surface area contributed by atoms with Crippen molar-refractivity contribution in [2.45, 2.75) is 13.8 Å². The summed E-state index contributed by atoms with van der Waals surface area (Å²) in [5.74, 6) is -1.78. The van der Waals surface area contributed by atoms with E-state index >= 15 is 0 Å². The summed E-state index contributed by atoms with van der Waals surface area (Å²) in [6.07, 6.45) is 1.53. The van der Waals surface area contributed by atoms with Gasteiger partial charge in [-0.15, -0.1) is 0 Å². The molecular weight excluding hydrogens is 387 g/mol. The lowest BCUT2D eigenvalue weighted by Crippen LogP contribution is -2.01. The van der Waals surface area contributed by atoms with Crippen LogP contribution in [0.5, 0.6) is 0 Å². The Labute approximate surface area is 170 Å². The van der Waals surface area contributed by atoms with Gasteiger partial charge in [0.15, 0.2) is 5.82 Å². The van der Waals surface area contributed by atoms with Gasteiger partial charge in [0.2, 0.25) is 0 Å². The summed E-state index contributed by atoms with van der Waals surface area (Å²) in [6, 6.07) is 13.9. The largest absolute Gasteiger partial charge is 0.252 e. The second kappa shape index (κ2) is 6.69. The first-order valence-electron chi connectivity index (χ1n) is 9.43. The molecule has 0 bridgehead atoms. The van der Waals surface area contributed by atoms with Gasteiger partial charge in [-0.25, -0.2) is 17.9 Å². The van der Waals surface area contributed by atoms with Crippen molar-refractivity contribution in [3.05, 3.63) is 89.4 Å². The van der Waals surface area contributed by atoms with Crippen LogP contribution < -0.4 is 0 Å². The predicted molar refractivity (Wildman–Crippen MR) is 111 cm³/mol. The van der Waals surface area contributed by atoms with Crippen LogP contribution >= 0.6 is 0 Å². The molecule has 0 saturated heterocycles. The molecule has 2 aromatic heterocycles. The first-order valence-corrected chi connectivity index (χ1v) is 9.43. The summed E-state index contributed by atoms with van der Waals surface area (Å²) < 4.78 is 43.7. The number of fused-ring (bicyclic) bond motifs is 3. The van der Waals surface area contributed by atoms with E-state index in [9.17, 15) is 13.2 Å². The van der Waals surface area contributed by atoms with Gasteiger partial charge in [0.1, 0.15) is 22.8 Å². The molecule has 0 amide bonds. The van der Waals surface area contributed by atoms with E-state index in [1.807, 2.05) is 32.0 Å². The van der Waals surface area contributed by atoms with Gasteiger partial charge < -0.3 is 0 Å². The highest BCUT2D eigenvalue weighted by Crippen LogP contribution is 2.35. The number of halogens is 3. The molecule has 3 nitrogen and oxygen atoms in total. The second-order valence-corrected chi connectivity index (χ2v) is 7.29. The lowest BCUT2D eigenvalue weighted by atomic mass is 10.1. The molecule has 5 aromatic rings. The van der Waals surface area contributed by atoms with Crippen molar-refractivity contribution >= 4 is 21.8 Å². The molecule has 0 aliphatic heterocycles. The highest BCUT2D eigenvalue weighted by molar-refractivity contribution is 6.09. The average molecular weight is 403 g/mol. The third-order valence-corrected chi connectivity index (χ3v) is 5.45. The molecule has 0 atom stereocenters. The summed E-state index contributed by atoms with van der Waals surface area (Å²) in [7, 11) is 0. The van der Waals surface area contributed by atoms with Crippen LogP contribution in [0.15, 0.2) is 60.8 Å². The second-order valence-electron chi connectivity index (χ2n) is 7.29. The molecule has 0 fully saturated rings. The molecule has 2 heterocycles. The summed E-state index contributed by atoms with van der Waals surface area (Å²) in [5.41, 5.74) is 4.72. The van der Waals surface area contributed by atoms with Crippen molar-refractivity contribution in [2.24, 2.45) is 0 Å². The van der Waals surface area contributed by atoms with Crippen molar-refractivity contribution < 1.29 is 13.2 Å². The van der Waals surface area contributed by atoms with Crippen molar-refractivity contribution in [1.82, 2.24) is 14.8 Å². The zero-order valence-corrected chi connectivity index (χ0v) is 16.2. The van der Waals surface area contributed by atoms with Crippen LogP contribution in [0.25, 0.3) is 38.8 Å². The minimum atomic E-state index is -0.732. The van der Waals surface area contributed by atoms with Crippen molar-refractivity contribution in [3.8, 4) is 16.9 Å². The molecule has 5 rings (SSSR count). The molecule has 0 aliphatic carbocycles. The summed E-state index contributed by atoms with van der Waals surface area (Å²) in [6.45, 7) is 3.96. The van der Waals surface area contributed by atoms with Crippen LogP contribution in [0.2, 0.25) is 0 Å². The number of nitrogens with zero attached hydrogens (tertiary/aromatic N) is 3. The van der Waals surface area contributed by atoms with Crippen LogP contribution in [0.1, 0.15) is 11.1 Å². The quantitative estimate of drug-likeness (QED) is 0.348. The van der Waals surface area contributed by atoms with Crippen LogP contribution in [0, 0.1) is 31.3 Å². The van der Waals surface area contributed by atoms with E-state index in [1.165, 1.54) is 24.4 Å². The van der Waals surface area contributed by atoms with E-state index in [-0.39, 0.29) is 11.3 Å². The van der Waals surface area contributed by atoms with E-state index in [2.05, 4.69) is 4.98 Å². The fraction of sp³-hybridized carbons (Fsp3) is 0.0833. The molecular formula is C24H16F3N3. The molecule has 3 aromatic carbocycles. The zero-order valence-electron chi connectivity index (χ0n) is 16.2. The molecule has 6 heteroatoms. The van der Waals surface area contributed by atoms with Gasteiger partial charge in [-0.1, -0.05) is 12.1 Å². The number of hydrogen-bond acceptors (Lipinski definition) is 2. The van der Waals surface area contributed by atoms with Gasteiger partial charge in [0.05, 0.1) is 11.2 Å². The monoisotopic (exact) mass is 403 g/mol. The fourth-order valence-electron chi connectivity index (χ4n) is 3.78. The Morgan fingerprint density at radius 1 is 0.833 bits per heavy atom. The third kappa shape index (κ3) is 2.76. The standard InChI is InChI=1S/C24H16F3N3/c1-13-4-3-5-21(14(13)2)30-24-18-10-17(26)11-20(27)23(18)28-12-19(24)22(29-30)15-6-8-16(25)9-7-15/h3-12H,1-2H3. The number of benzene rings is 3. The molecule has 0 aliphatic rings. The molecule has 0 radical (unpaired) electrons. The normalized spacial score (nSPS) is 11.5. The Morgan fingerprint density at radius 3 is 2.37 bits per heavy atom. The lowest BCUT2D eigenvalue weighted by Gasteiger charge is -2.11. The van der Waals surface area contributed by atoms with Crippen LogP contribution in [-0.4, -0.2) is 14.8 Å². The Balaban J connectivity index is 1.96. The van der Waals surface area contributed by atoms with Crippen molar-refractivity contribution in [3.63, 3.8) is 0 Å². The molecule has 0 saturated carbocycles. The van der Waals surface area contributed by atoms with Gasteiger partial charge in [0, 0.05) is 28.6 Å². The average Bonchev–Trinajstić information content (AvgIpc) is 3.10. The summed E-state index contributed by atoms with van der Waals surface area (Å²) in [5, 5.41) is 5.73. The van der Waals surface area contributed by atoms with Gasteiger partial charge in [-0.05, 0) is 61.4 Å². The Kier molecular flexibility index (Phi) is 4.10. The maximum atomic E-state index is 14.5. The number of pyridine rings is 1. The molecule has 30 heavy (non-hydrogen) atoms. The SMILES string of the molecule is Cc1cccc(-n2nc(-c3ccc(F)cc3)c3cnc4c(F)cc(F)cc4c32)c1C. The maximum absolute atomic E-state index is 14.5. The van der Waals surface area contributed by atoms with E-state index < -0.39 is 11.6 Å². The topological polar surface area (TPSA) is 30.7 Å². The van der Waals surface area contributed by atoms with Gasteiger partial charge in [-0.2, -0.15) is 5.10 Å². The third-order valence-electron chi connectivity index (χ3n) is 5.45. The van der Waals surface area contributed by atoms with Gasteiger partial charge in [0.25, 0.3) is 0 Å². The van der Waals surface area contributed by atoms with Gasteiger partial charge in [-0.3, -0.25) is 4.98 Å². The highest BCUT2D eigenvalue weighted by Gasteiger charge is 2.20. The Hall–Kier alpha value is -3.67. The van der Waals surface area contributed by atoms with Crippen LogP contribution in [-0.2, 0) is 0 Å². The summed E-state index contributed by atoms with van der Waals surface area (Å²) >= 11 is 0. The molecule has 0 spiro atoms. The maximum Gasteiger partial charge on any atom is 0.152 e. The molecule has 0 N–H and O–H groups in total. The molecule has 148 valence electrons. The van der Waals surface area contributed by atoms with Crippen LogP contribution in [0.4, 0.5) is 13.2 Å². The number of aromatic nitrogens is 3. The predicted octanol–water partition coefficient (Wildman–Crippen LogP) is 6.27. The highest BCUT2D eigenvalue weighted by atomic mass is 19.1. The first kappa shape index (κ1) is 18.4. The van der Waals surface area contributed by atoms with E-state index in [0.29, 0.717) is 27.5 Å². The number of hydrogen-bond donors (Lipinski definition) is 0. The number of aryl methyl sites for hydroxylation is 1. The van der Waals surface area contributed by atoms with Crippen molar-refractivity contribution in [1.29, 1.82) is 0 Å². The molecule has 0 unspecified atom stereocenters. The van der Waals surface area contributed by atoms with Gasteiger partial charge >= 0.3 is 0 Å². The van der Waals surface area contributed by atoms with E-state index in [0.717, 1.165) is 22.9 Å². The van der Waals surface area contributed by atoms with Crippen molar-refractivity contribution in [2.75, 3.05) is 0 Å². The van der Waals surface area contributed by atoms with E-state index in [1.54, 1.807) is 16.8 Å². The van der Waals surface area contributed by atoms with E-state index in [4.69, 9.17) is 5.10 Å².